The molecule has 1 fully saturated rings. The lowest BCUT2D eigenvalue weighted by Crippen LogP contribution is -2.34. The van der Waals surface area contributed by atoms with Crippen molar-refractivity contribution in [1.29, 1.82) is 0 Å². The molecule has 1 amide bonds. The van der Waals surface area contributed by atoms with Crippen LogP contribution in [0.1, 0.15) is 68.8 Å². The van der Waals surface area contributed by atoms with Crippen LogP contribution in [-0.4, -0.2) is 46.1 Å². The second-order valence-corrected chi connectivity index (χ2v) is 8.79. The smallest absolute Gasteiger partial charge is 0.252 e. The Kier molecular flexibility index (Phi) is 6.74. The number of aryl methyl sites for hydroxylation is 3. The lowest BCUT2D eigenvalue weighted by Gasteiger charge is -2.32. The lowest BCUT2D eigenvalue weighted by atomic mass is 9.95. The van der Waals surface area contributed by atoms with Gasteiger partial charge in [-0.25, -0.2) is 9.97 Å². The van der Waals surface area contributed by atoms with Gasteiger partial charge in [-0.2, -0.15) is 0 Å². The van der Waals surface area contributed by atoms with Crippen LogP contribution in [0.5, 0.6) is 5.75 Å². The summed E-state index contributed by atoms with van der Waals surface area (Å²) in [5.74, 6) is 2.25. The van der Waals surface area contributed by atoms with Crippen LogP contribution in [0, 0.1) is 20.8 Å². The largest absolute Gasteiger partial charge is 0.496 e. The molecule has 1 saturated heterocycles. The van der Waals surface area contributed by atoms with E-state index in [0.29, 0.717) is 11.3 Å². The van der Waals surface area contributed by atoms with Crippen molar-refractivity contribution in [2.45, 2.75) is 52.5 Å². The highest BCUT2D eigenvalue weighted by atomic mass is 16.5. The number of rotatable bonds is 7. The first-order chi connectivity index (χ1) is 15.9. The summed E-state index contributed by atoms with van der Waals surface area (Å²) in [4.78, 5) is 23.0. The monoisotopic (exact) mass is 449 g/mol. The lowest BCUT2D eigenvalue weighted by molar-refractivity contribution is 0.0998. The fourth-order valence-corrected chi connectivity index (χ4v) is 4.60. The van der Waals surface area contributed by atoms with Crippen molar-refractivity contribution >= 4 is 5.91 Å². The van der Waals surface area contributed by atoms with E-state index in [9.17, 15) is 4.79 Å². The third kappa shape index (κ3) is 5.06. The minimum Gasteiger partial charge on any atom is -0.496 e. The number of ether oxygens (including phenoxy) is 1. The van der Waals surface area contributed by atoms with Gasteiger partial charge in [-0.05, 0) is 57.4 Å². The second-order valence-electron chi connectivity index (χ2n) is 8.79. The van der Waals surface area contributed by atoms with Crippen molar-refractivity contribution in [2.75, 3.05) is 20.2 Å². The van der Waals surface area contributed by atoms with Crippen molar-refractivity contribution in [3.63, 3.8) is 0 Å². The number of aromatic nitrogens is 3. The molecule has 8 heteroatoms. The van der Waals surface area contributed by atoms with E-state index in [2.05, 4.69) is 32.2 Å². The first-order valence-corrected chi connectivity index (χ1v) is 11.3. The molecule has 8 nitrogen and oxygen atoms in total. The van der Waals surface area contributed by atoms with Gasteiger partial charge in [-0.15, -0.1) is 0 Å². The number of primary amides is 1. The molecule has 0 saturated carbocycles. The highest BCUT2D eigenvalue weighted by Gasteiger charge is 2.25. The molecular formula is C25H31N5O3. The number of carbonyl (C=O) groups excluding carboxylic acids is 1. The second kappa shape index (κ2) is 9.70. The Balaban J connectivity index is 1.49. The molecule has 1 aliphatic rings. The first-order valence-electron chi connectivity index (χ1n) is 11.3. The molecule has 1 atom stereocenters. The SMILES string of the molecule is COc1ccc(CN2CCC[C@@H](c3ncc(C(N)=O)c(C)n3)C2)cc1Cc1c(C)noc1C. The quantitative estimate of drug-likeness (QED) is 0.588. The average molecular weight is 450 g/mol. The molecule has 2 aromatic heterocycles. The van der Waals surface area contributed by atoms with Crippen molar-refractivity contribution in [3.05, 3.63) is 69.6 Å². The van der Waals surface area contributed by atoms with Gasteiger partial charge in [-0.3, -0.25) is 9.69 Å². The van der Waals surface area contributed by atoms with E-state index in [-0.39, 0.29) is 5.92 Å². The first kappa shape index (κ1) is 22.9. The molecule has 1 aliphatic heterocycles. The number of amides is 1. The van der Waals surface area contributed by atoms with E-state index in [4.69, 9.17) is 15.0 Å². The molecule has 1 aromatic carbocycles. The summed E-state index contributed by atoms with van der Waals surface area (Å²) in [7, 11) is 1.70. The van der Waals surface area contributed by atoms with Gasteiger partial charge < -0.3 is 15.0 Å². The number of likely N-dealkylation sites (tertiary alicyclic amines) is 1. The minimum atomic E-state index is -0.490. The molecule has 3 aromatic rings. The number of hydrogen-bond donors (Lipinski definition) is 1. The van der Waals surface area contributed by atoms with Crippen molar-refractivity contribution in [2.24, 2.45) is 5.73 Å². The van der Waals surface area contributed by atoms with E-state index in [1.165, 1.54) is 5.56 Å². The zero-order chi connectivity index (χ0) is 23.5. The summed E-state index contributed by atoms with van der Waals surface area (Å²) in [6, 6.07) is 6.39. The summed E-state index contributed by atoms with van der Waals surface area (Å²) >= 11 is 0. The van der Waals surface area contributed by atoms with Crippen molar-refractivity contribution in [1.82, 2.24) is 20.0 Å². The molecule has 0 aliphatic carbocycles. The van der Waals surface area contributed by atoms with Crippen molar-refractivity contribution in [3.8, 4) is 5.75 Å². The number of nitrogens with zero attached hydrogens (tertiary/aromatic N) is 4. The van der Waals surface area contributed by atoms with Crippen LogP contribution in [-0.2, 0) is 13.0 Å². The Labute approximate surface area is 194 Å². The highest BCUT2D eigenvalue weighted by molar-refractivity contribution is 5.93. The Morgan fingerprint density at radius 1 is 1.27 bits per heavy atom. The predicted octanol–water partition coefficient (Wildman–Crippen LogP) is 3.47. The van der Waals surface area contributed by atoms with E-state index in [0.717, 1.165) is 73.1 Å². The van der Waals surface area contributed by atoms with Gasteiger partial charge in [-0.1, -0.05) is 17.3 Å². The van der Waals surface area contributed by atoms with Gasteiger partial charge in [0.25, 0.3) is 5.91 Å². The van der Waals surface area contributed by atoms with Crippen LogP contribution in [0.4, 0.5) is 0 Å². The van der Waals surface area contributed by atoms with Gasteiger partial charge in [0.15, 0.2) is 0 Å². The van der Waals surface area contributed by atoms with E-state index >= 15 is 0 Å². The van der Waals surface area contributed by atoms with Crippen LogP contribution < -0.4 is 10.5 Å². The molecule has 174 valence electrons. The molecular weight excluding hydrogens is 418 g/mol. The van der Waals surface area contributed by atoms with E-state index in [1.54, 1.807) is 13.3 Å². The fourth-order valence-electron chi connectivity index (χ4n) is 4.60. The van der Waals surface area contributed by atoms with Crippen LogP contribution in [0.3, 0.4) is 0 Å². The maximum atomic E-state index is 11.5. The Bertz CT molecular complexity index is 1140. The normalized spacial score (nSPS) is 16.7. The molecule has 3 heterocycles. The Morgan fingerprint density at radius 2 is 2.09 bits per heavy atom. The van der Waals surface area contributed by atoms with Gasteiger partial charge in [0.2, 0.25) is 0 Å². The average Bonchev–Trinajstić information content (AvgIpc) is 3.11. The topological polar surface area (TPSA) is 107 Å². The third-order valence-corrected chi connectivity index (χ3v) is 6.43. The van der Waals surface area contributed by atoms with Crippen LogP contribution in [0.15, 0.2) is 28.9 Å². The van der Waals surface area contributed by atoms with Gasteiger partial charge in [0.1, 0.15) is 17.3 Å². The Hall–Kier alpha value is -3.26. The molecule has 0 unspecified atom stereocenters. The highest BCUT2D eigenvalue weighted by Crippen LogP contribution is 2.29. The maximum absolute atomic E-state index is 11.5. The minimum absolute atomic E-state index is 0.236. The number of hydrogen-bond acceptors (Lipinski definition) is 7. The standard InChI is InChI=1S/C25H31N5O3/c1-15-22(24(26)31)12-27-25(28-15)19-6-5-9-30(14-19)13-18-7-8-23(32-4)20(10-18)11-21-16(2)29-33-17(21)3/h7-8,10,12,19H,5-6,9,11,13-14H2,1-4H3,(H2,26,31)/t19-/m1/s1. The van der Waals surface area contributed by atoms with Crippen LogP contribution in [0.25, 0.3) is 0 Å². The van der Waals surface area contributed by atoms with Gasteiger partial charge in [0.05, 0.1) is 24.1 Å². The zero-order valence-corrected chi connectivity index (χ0v) is 19.7. The number of methoxy groups -OCH3 is 1. The zero-order valence-electron chi connectivity index (χ0n) is 19.7. The molecule has 0 bridgehead atoms. The number of carbonyl (C=O) groups is 1. The van der Waals surface area contributed by atoms with Gasteiger partial charge >= 0.3 is 0 Å². The predicted molar refractivity (Wildman–Crippen MR) is 124 cm³/mol. The summed E-state index contributed by atoms with van der Waals surface area (Å²) in [5.41, 5.74) is 10.8. The number of nitrogens with two attached hydrogens (primary N) is 1. The van der Waals surface area contributed by atoms with E-state index in [1.807, 2.05) is 26.8 Å². The third-order valence-electron chi connectivity index (χ3n) is 6.43. The molecule has 0 spiro atoms. The molecule has 2 N–H and O–H groups in total. The Morgan fingerprint density at radius 3 is 2.76 bits per heavy atom. The summed E-state index contributed by atoms with van der Waals surface area (Å²) in [6.07, 6.45) is 4.39. The summed E-state index contributed by atoms with van der Waals surface area (Å²) in [5, 5.41) is 4.08. The molecule has 4 rings (SSSR count). The van der Waals surface area contributed by atoms with Gasteiger partial charge in [0, 0.05) is 37.2 Å². The fraction of sp³-hybridized carbons (Fsp3) is 0.440. The summed E-state index contributed by atoms with van der Waals surface area (Å²) in [6.45, 7) is 8.47. The van der Waals surface area contributed by atoms with E-state index < -0.39 is 5.91 Å². The van der Waals surface area contributed by atoms with Crippen molar-refractivity contribution < 1.29 is 14.1 Å². The number of piperidine rings is 1. The molecule has 0 radical (unpaired) electrons. The summed E-state index contributed by atoms with van der Waals surface area (Å²) < 4.78 is 11.0. The van der Waals surface area contributed by atoms with Crippen LogP contribution in [0.2, 0.25) is 0 Å². The number of benzene rings is 1. The molecule has 33 heavy (non-hydrogen) atoms. The maximum Gasteiger partial charge on any atom is 0.252 e. The van der Waals surface area contributed by atoms with Crippen LogP contribution >= 0.6 is 0 Å².